The molecule has 2 aromatic rings. The van der Waals surface area contributed by atoms with E-state index in [-0.39, 0.29) is 5.56 Å². The molecule has 1 saturated carbocycles. The van der Waals surface area contributed by atoms with Gasteiger partial charge in [-0.05, 0) is 43.9 Å². The molecule has 6 nitrogen and oxygen atoms in total. The maximum Gasteiger partial charge on any atom is 0.251 e. The van der Waals surface area contributed by atoms with E-state index in [1.807, 2.05) is 25.1 Å². The van der Waals surface area contributed by atoms with Crippen LogP contribution in [0.1, 0.15) is 48.9 Å². The number of aryl methyl sites for hydroxylation is 1. The predicted octanol–water partition coefficient (Wildman–Crippen LogP) is 2.66. The lowest BCUT2D eigenvalue weighted by molar-refractivity contribution is 0.186. The minimum absolute atomic E-state index is 0.0759. The molecule has 1 saturated heterocycles. The first-order valence-electron chi connectivity index (χ1n) is 10.2. The Kier molecular flexibility index (Phi) is 5.45. The molecular formula is C22H27N5O. The van der Waals surface area contributed by atoms with E-state index < -0.39 is 0 Å². The number of nitrogens with one attached hydrogen (secondary N) is 1. The summed E-state index contributed by atoms with van der Waals surface area (Å²) in [7, 11) is 0. The summed E-state index contributed by atoms with van der Waals surface area (Å²) in [4.78, 5) is 24.6. The van der Waals surface area contributed by atoms with Crippen molar-refractivity contribution in [1.29, 1.82) is 5.26 Å². The molecule has 0 spiro atoms. The fourth-order valence-corrected chi connectivity index (χ4v) is 4.56. The fraction of sp³-hybridized carbons (Fsp3) is 0.500. The zero-order valence-corrected chi connectivity index (χ0v) is 16.4. The van der Waals surface area contributed by atoms with E-state index in [1.165, 1.54) is 6.42 Å². The maximum absolute atomic E-state index is 12.1. The van der Waals surface area contributed by atoms with Crippen molar-refractivity contribution in [1.82, 2.24) is 14.9 Å². The molecule has 2 fully saturated rings. The Balaban J connectivity index is 1.33. The van der Waals surface area contributed by atoms with Gasteiger partial charge in [0.15, 0.2) is 0 Å². The van der Waals surface area contributed by atoms with Crippen molar-refractivity contribution in [2.45, 2.75) is 44.6 Å². The number of hydrogen-bond acceptors (Lipinski definition) is 5. The van der Waals surface area contributed by atoms with Crippen LogP contribution in [-0.2, 0) is 6.42 Å². The second-order valence-electron chi connectivity index (χ2n) is 7.83. The molecule has 6 heteroatoms. The Morgan fingerprint density at radius 3 is 2.64 bits per heavy atom. The van der Waals surface area contributed by atoms with Crippen molar-refractivity contribution >= 4 is 5.82 Å². The van der Waals surface area contributed by atoms with Crippen molar-refractivity contribution in [2.24, 2.45) is 0 Å². The summed E-state index contributed by atoms with van der Waals surface area (Å²) < 4.78 is 0. The number of hydrogen-bond donors (Lipinski definition) is 1. The topological polar surface area (TPSA) is 76.0 Å². The number of aromatic amines is 1. The van der Waals surface area contributed by atoms with Gasteiger partial charge in [0.1, 0.15) is 11.9 Å². The molecular weight excluding hydrogens is 350 g/mol. The molecule has 1 aliphatic carbocycles. The Morgan fingerprint density at radius 1 is 1.18 bits per heavy atom. The molecule has 2 aromatic heterocycles. The van der Waals surface area contributed by atoms with Gasteiger partial charge in [0.25, 0.3) is 5.56 Å². The highest BCUT2D eigenvalue weighted by atomic mass is 16.1. The lowest BCUT2D eigenvalue weighted by Crippen LogP contribution is -2.50. The monoisotopic (exact) mass is 377 g/mol. The molecule has 3 heterocycles. The van der Waals surface area contributed by atoms with E-state index in [0.29, 0.717) is 17.5 Å². The summed E-state index contributed by atoms with van der Waals surface area (Å²) in [6.45, 7) is 6.00. The van der Waals surface area contributed by atoms with Crippen molar-refractivity contribution in [3.05, 3.63) is 57.6 Å². The molecule has 2 aliphatic rings. The van der Waals surface area contributed by atoms with Crippen LogP contribution >= 0.6 is 0 Å². The van der Waals surface area contributed by atoms with Crippen LogP contribution in [0.15, 0.2) is 35.3 Å². The van der Waals surface area contributed by atoms with Crippen molar-refractivity contribution in [2.75, 3.05) is 31.1 Å². The molecule has 0 bridgehead atoms. The number of rotatable bonds is 4. The third-order valence-electron chi connectivity index (χ3n) is 6.27. The van der Waals surface area contributed by atoms with Gasteiger partial charge in [0, 0.05) is 55.6 Å². The maximum atomic E-state index is 12.1. The highest BCUT2D eigenvalue weighted by Crippen LogP contribution is 2.36. The van der Waals surface area contributed by atoms with Crippen LogP contribution in [0.4, 0.5) is 5.82 Å². The zero-order chi connectivity index (χ0) is 19.5. The van der Waals surface area contributed by atoms with E-state index in [9.17, 15) is 4.79 Å². The summed E-state index contributed by atoms with van der Waals surface area (Å²) in [6, 6.07) is 10.6. The third kappa shape index (κ3) is 3.81. The number of H-pyrrole nitrogens is 1. The van der Waals surface area contributed by atoms with Gasteiger partial charge in [-0.15, -0.1) is 0 Å². The van der Waals surface area contributed by atoms with Gasteiger partial charge < -0.3 is 9.88 Å². The van der Waals surface area contributed by atoms with Crippen LogP contribution in [-0.4, -0.2) is 47.1 Å². The average Bonchev–Trinajstić information content (AvgIpc) is 3.24. The number of pyridine rings is 2. The van der Waals surface area contributed by atoms with Crippen LogP contribution in [0.25, 0.3) is 0 Å². The van der Waals surface area contributed by atoms with E-state index in [2.05, 4.69) is 31.9 Å². The zero-order valence-electron chi connectivity index (χ0n) is 16.4. The predicted molar refractivity (Wildman–Crippen MR) is 110 cm³/mol. The molecule has 28 heavy (non-hydrogen) atoms. The third-order valence-corrected chi connectivity index (χ3v) is 6.27. The van der Waals surface area contributed by atoms with Crippen LogP contribution in [0.3, 0.4) is 0 Å². The second-order valence-corrected chi connectivity index (χ2v) is 7.83. The largest absolute Gasteiger partial charge is 0.354 e. The molecule has 0 amide bonds. The lowest BCUT2D eigenvalue weighted by atomic mass is 10.0. The summed E-state index contributed by atoms with van der Waals surface area (Å²) >= 11 is 0. The number of nitrogens with zero attached hydrogens (tertiary/aromatic N) is 4. The molecule has 2 atom stereocenters. The van der Waals surface area contributed by atoms with Crippen LogP contribution < -0.4 is 10.5 Å². The highest BCUT2D eigenvalue weighted by Gasteiger charge is 2.32. The lowest BCUT2D eigenvalue weighted by Gasteiger charge is -2.38. The first-order valence-corrected chi connectivity index (χ1v) is 10.2. The minimum atomic E-state index is 0.0759. The number of anilines is 1. The summed E-state index contributed by atoms with van der Waals surface area (Å²) in [5.41, 5.74) is 2.65. The van der Waals surface area contributed by atoms with Gasteiger partial charge in [-0.1, -0.05) is 13.0 Å². The van der Waals surface area contributed by atoms with Gasteiger partial charge in [-0.3, -0.25) is 9.69 Å². The standard InChI is InChI=1S/C22H27N5O/c1-2-17-5-7-20(25-22(17)28)18-4-6-19(13-18)26-9-11-27(12-10-26)21-8-3-16(14-23)15-24-21/h3,5,7-8,15,18-19H,2,4,6,9-13H2,1H3,(H,25,28)/t18-,19+/m1/s1. The Bertz CT molecular complexity index is 906. The first-order chi connectivity index (χ1) is 13.7. The van der Waals surface area contributed by atoms with Crippen LogP contribution in [0, 0.1) is 11.3 Å². The Morgan fingerprint density at radius 2 is 2.00 bits per heavy atom. The Labute approximate surface area is 165 Å². The fourth-order valence-electron chi connectivity index (χ4n) is 4.56. The summed E-state index contributed by atoms with van der Waals surface area (Å²) in [5.74, 6) is 1.42. The van der Waals surface area contributed by atoms with Gasteiger partial charge in [-0.25, -0.2) is 4.98 Å². The Hall–Kier alpha value is -2.65. The molecule has 4 rings (SSSR count). The number of aromatic nitrogens is 2. The van der Waals surface area contributed by atoms with Crippen molar-refractivity contribution in [3.63, 3.8) is 0 Å². The molecule has 0 unspecified atom stereocenters. The van der Waals surface area contributed by atoms with Gasteiger partial charge >= 0.3 is 0 Å². The van der Waals surface area contributed by atoms with Gasteiger partial charge in [0.05, 0.1) is 5.56 Å². The number of nitriles is 1. The molecule has 1 N–H and O–H groups in total. The normalized spacial score (nSPS) is 22.9. The van der Waals surface area contributed by atoms with E-state index in [1.54, 1.807) is 6.20 Å². The van der Waals surface area contributed by atoms with E-state index in [0.717, 1.165) is 62.5 Å². The molecule has 0 radical (unpaired) electrons. The van der Waals surface area contributed by atoms with E-state index in [4.69, 9.17) is 5.26 Å². The van der Waals surface area contributed by atoms with Crippen LogP contribution in [0.2, 0.25) is 0 Å². The van der Waals surface area contributed by atoms with Crippen molar-refractivity contribution < 1.29 is 0 Å². The number of piperazine rings is 1. The molecule has 1 aliphatic heterocycles. The summed E-state index contributed by atoms with van der Waals surface area (Å²) in [5, 5.41) is 8.91. The van der Waals surface area contributed by atoms with Crippen molar-refractivity contribution in [3.8, 4) is 6.07 Å². The smallest absolute Gasteiger partial charge is 0.251 e. The molecule has 0 aromatic carbocycles. The van der Waals surface area contributed by atoms with E-state index >= 15 is 0 Å². The highest BCUT2D eigenvalue weighted by molar-refractivity contribution is 5.42. The summed E-state index contributed by atoms with van der Waals surface area (Å²) in [6.07, 6.45) is 5.88. The van der Waals surface area contributed by atoms with Gasteiger partial charge in [0.2, 0.25) is 0 Å². The average molecular weight is 377 g/mol. The molecule has 146 valence electrons. The second kappa shape index (κ2) is 8.15. The first kappa shape index (κ1) is 18.7. The van der Waals surface area contributed by atoms with Crippen LogP contribution in [0.5, 0.6) is 0 Å². The SMILES string of the molecule is CCc1ccc([C@@H]2CC[C@H](N3CCN(c4ccc(C#N)cn4)CC3)C2)[nH]c1=O. The van der Waals surface area contributed by atoms with Gasteiger partial charge in [-0.2, -0.15) is 5.26 Å². The minimum Gasteiger partial charge on any atom is -0.354 e. The quantitative estimate of drug-likeness (QED) is 0.886.